The Kier molecular flexibility index (Phi) is 3.55. The van der Waals surface area contributed by atoms with Crippen LogP contribution in [0.1, 0.15) is 23.6 Å². The first kappa shape index (κ1) is 14.2. The molecule has 1 unspecified atom stereocenters. The van der Waals surface area contributed by atoms with E-state index < -0.39 is 15.8 Å². The molecule has 110 valence electrons. The number of sulfonamides is 1. The molecule has 0 saturated carbocycles. The van der Waals surface area contributed by atoms with Gasteiger partial charge in [-0.3, -0.25) is 0 Å². The minimum absolute atomic E-state index is 0.231. The molecule has 0 spiro atoms. The highest BCUT2D eigenvalue weighted by molar-refractivity contribution is 7.89. The summed E-state index contributed by atoms with van der Waals surface area (Å²) < 4.78 is 40.4. The normalized spacial score (nSPS) is 18.0. The quantitative estimate of drug-likeness (QED) is 0.873. The highest BCUT2D eigenvalue weighted by Gasteiger charge is 2.34. The molecular weight excluding hydrogens is 289 g/mol. The van der Waals surface area contributed by atoms with Gasteiger partial charge in [-0.15, -0.1) is 0 Å². The van der Waals surface area contributed by atoms with Gasteiger partial charge in [0.25, 0.3) is 0 Å². The van der Waals surface area contributed by atoms with E-state index in [-0.39, 0.29) is 10.9 Å². The van der Waals surface area contributed by atoms with Gasteiger partial charge in [0, 0.05) is 7.05 Å². The molecular formula is C16H16FNO2S. The van der Waals surface area contributed by atoms with E-state index >= 15 is 0 Å². The molecule has 0 bridgehead atoms. The van der Waals surface area contributed by atoms with Crippen molar-refractivity contribution in [1.82, 2.24) is 4.31 Å². The first-order valence-electron chi connectivity index (χ1n) is 6.82. The summed E-state index contributed by atoms with van der Waals surface area (Å²) in [4.78, 5) is -0.267. The lowest BCUT2D eigenvalue weighted by Gasteiger charge is -2.25. The number of hydrogen-bond donors (Lipinski definition) is 0. The van der Waals surface area contributed by atoms with Gasteiger partial charge in [-0.2, -0.15) is 4.31 Å². The van der Waals surface area contributed by atoms with E-state index in [1.54, 1.807) is 0 Å². The summed E-state index contributed by atoms with van der Waals surface area (Å²) in [7, 11) is -2.32. The van der Waals surface area contributed by atoms with Crippen LogP contribution >= 0.6 is 0 Å². The van der Waals surface area contributed by atoms with Crippen LogP contribution in [0.15, 0.2) is 53.4 Å². The van der Waals surface area contributed by atoms with E-state index in [9.17, 15) is 12.8 Å². The van der Waals surface area contributed by atoms with Gasteiger partial charge in [0.2, 0.25) is 10.0 Å². The molecule has 2 aromatic carbocycles. The number of halogens is 1. The summed E-state index contributed by atoms with van der Waals surface area (Å²) in [6.07, 6.45) is 1.57. The zero-order chi connectivity index (χ0) is 15.0. The minimum atomic E-state index is -3.84. The molecule has 0 fully saturated rings. The third-order valence-electron chi connectivity index (χ3n) is 4.03. The number of aryl methyl sites for hydroxylation is 1. The van der Waals surface area contributed by atoms with Gasteiger partial charge in [0.1, 0.15) is 10.7 Å². The number of hydrogen-bond acceptors (Lipinski definition) is 2. The van der Waals surface area contributed by atoms with Crippen molar-refractivity contribution in [2.75, 3.05) is 7.05 Å². The van der Waals surface area contributed by atoms with Gasteiger partial charge in [-0.05, 0) is 36.1 Å². The monoisotopic (exact) mass is 305 g/mol. The van der Waals surface area contributed by atoms with Crippen LogP contribution in [0, 0.1) is 5.82 Å². The van der Waals surface area contributed by atoms with Gasteiger partial charge in [-0.1, -0.05) is 36.4 Å². The van der Waals surface area contributed by atoms with Crippen molar-refractivity contribution in [2.24, 2.45) is 0 Å². The Morgan fingerprint density at radius 2 is 1.76 bits per heavy atom. The average molecular weight is 305 g/mol. The number of rotatable bonds is 3. The van der Waals surface area contributed by atoms with Gasteiger partial charge in [0.05, 0.1) is 6.04 Å². The second kappa shape index (κ2) is 5.24. The topological polar surface area (TPSA) is 37.4 Å². The maximum atomic E-state index is 13.8. The molecule has 0 heterocycles. The molecule has 3 nitrogen and oxygen atoms in total. The Morgan fingerprint density at radius 3 is 2.52 bits per heavy atom. The predicted octanol–water partition coefficient (Wildman–Crippen LogP) is 3.13. The van der Waals surface area contributed by atoms with Crippen molar-refractivity contribution in [3.05, 3.63) is 65.5 Å². The lowest BCUT2D eigenvalue weighted by Crippen LogP contribution is -2.30. The summed E-state index contributed by atoms with van der Waals surface area (Å²) in [6, 6.07) is 13.1. The second-order valence-electron chi connectivity index (χ2n) is 5.20. The fraction of sp³-hybridized carbons (Fsp3) is 0.250. The minimum Gasteiger partial charge on any atom is -0.207 e. The van der Waals surface area contributed by atoms with Crippen LogP contribution in [0.5, 0.6) is 0 Å². The van der Waals surface area contributed by atoms with Crippen LogP contribution in [0.2, 0.25) is 0 Å². The Balaban J connectivity index is 2.00. The second-order valence-corrected chi connectivity index (χ2v) is 7.17. The van der Waals surface area contributed by atoms with E-state index in [0.29, 0.717) is 0 Å². The molecule has 2 aromatic rings. The van der Waals surface area contributed by atoms with Crippen LogP contribution in [-0.4, -0.2) is 19.8 Å². The fourth-order valence-electron chi connectivity index (χ4n) is 2.89. The zero-order valence-corrected chi connectivity index (χ0v) is 12.5. The van der Waals surface area contributed by atoms with E-state index in [4.69, 9.17) is 0 Å². The lowest BCUT2D eigenvalue weighted by molar-refractivity contribution is 0.372. The number of nitrogens with zero attached hydrogens (tertiary/aromatic N) is 1. The van der Waals surface area contributed by atoms with E-state index in [0.717, 1.165) is 24.0 Å². The standard InChI is InChI=1S/C16H16FNO2S/c1-18(15-11-10-12-6-2-3-7-13(12)15)21(19,20)16-9-5-4-8-14(16)17/h2-9,15H,10-11H2,1H3. The number of benzene rings is 2. The van der Waals surface area contributed by atoms with Crippen LogP contribution < -0.4 is 0 Å². The van der Waals surface area contributed by atoms with Crippen molar-refractivity contribution in [1.29, 1.82) is 0 Å². The molecule has 3 rings (SSSR count). The summed E-state index contributed by atoms with van der Waals surface area (Å²) >= 11 is 0. The highest BCUT2D eigenvalue weighted by atomic mass is 32.2. The molecule has 1 aliphatic rings. The van der Waals surface area contributed by atoms with E-state index in [1.807, 2.05) is 24.3 Å². The molecule has 0 amide bonds. The SMILES string of the molecule is CN(C1CCc2ccccc21)S(=O)(=O)c1ccccc1F. The van der Waals surface area contributed by atoms with Crippen molar-refractivity contribution >= 4 is 10.0 Å². The molecule has 0 radical (unpaired) electrons. The third-order valence-corrected chi connectivity index (χ3v) is 5.93. The molecule has 0 aliphatic heterocycles. The predicted molar refractivity (Wildman–Crippen MR) is 78.9 cm³/mol. The first-order chi connectivity index (χ1) is 10.0. The van der Waals surface area contributed by atoms with Gasteiger partial charge < -0.3 is 0 Å². The van der Waals surface area contributed by atoms with Crippen LogP contribution in [-0.2, 0) is 16.4 Å². The molecule has 0 N–H and O–H groups in total. The van der Waals surface area contributed by atoms with Gasteiger partial charge in [-0.25, -0.2) is 12.8 Å². The average Bonchev–Trinajstić information content (AvgIpc) is 2.90. The van der Waals surface area contributed by atoms with Crippen molar-refractivity contribution < 1.29 is 12.8 Å². The maximum Gasteiger partial charge on any atom is 0.246 e. The Morgan fingerprint density at radius 1 is 1.10 bits per heavy atom. The Hall–Kier alpha value is -1.72. The summed E-state index contributed by atoms with van der Waals surface area (Å²) in [5.41, 5.74) is 2.18. The smallest absolute Gasteiger partial charge is 0.207 e. The first-order valence-corrected chi connectivity index (χ1v) is 8.26. The molecule has 1 atom stereocenters. The van der Waals surface area contributed by atoms with Crippen LogP contribution in [0.3, 0.4) is 0 Å². The number of fused-ring (bicyclic) bond motifs is 1. The van der Waals surface area contributed by atoms with E-state index in [1.165, 1.54) is 35.6 Å². The van der Waals surface area contributed by atoms with E-state index in [2.05, 4.69) is 0 Å². The van der Waals surface area contributed by atoms with Crippen molar-refractivity contribution in [3.8, 4) is 0 Å². The summed E-state index contributed by atoms with van der Waals surface area (Å²) in [5.74, 6) is -0.712. The van der Waals surface area contributed by atoms with Crippen molar-refractivity contribution in [2.45, 2.75) is 23.8 Å². The Bertz CT molecular complexity index is 773. The van der Waals surface area contributed by atoms with Gasteiger partial charge >= 0.3 is 0 Å². The third kappa shape index (κ3) is 2.36. The molecule has 0 aromatic heterocycles. The molecule has 5 heteroatoms. The fourth-order valence-corrected chi connectivity index (χ4v) is 4.32. The largest absolute Gasteiger partial charge is 0.246 e. The van der Waals surface area contributed by atoms with Gasteiger partial charge in [0.15, 0.2) is 0 Å². The zero-order valence-electron chi connectivity index (χ0n) is 11.7. The van der Waals surface area contributed by atoms with Crippen LogP contribution in [0.25, 0.3) is 0 Å². The molecule has 0 saturated heterocycles. The maximum absolute atomic E-state index is 13.8. The summed E-state index contributed by atoms with van der Waals surface area (Å²) in [5, 5.41) is 0. The lowest BCUT2D eigenvalue weighted by atomic mass is 10.1. The molecule has 1 aliphatic carbocycles. The van der Waals surface area contributed by atoms with Crippen molar-refractivity contribution in [3.63, 3.8) is 0 Å². The van der Waals surface area contributed by atoms with Crippen LogP contribution in [0.4, 0.5) is 4.39 Å². The molecule has 21 heavy (non-hydrogen) atoms. The Labute approximate surface area is 124 Å². The highest BCUT2D eigenvalue weighted by Crippen LogP contribution is 2.37. The summed E-state index contributed by atoms with van der Waals surface area (Å²) in [6.45, 7) is 0.